The van der Waals surface area contributed by atoms with E-state index in [0.717, 1.165) is 14.2 Å². The average Bonchev–Trinajstić information content (AvgIpc) is 2.52. The number of hydrogen-bond donors (Lipinski definition) is 0. The molecule has 0 aliphatic carbocycles. The van der Waals surface area contributed by atoms with E-state index >= 15 is 0 Å². The number of esters is 1. The van der Waals surface area contributed by atoms with E-state index in [9.17, 15) is 14.4 Å². The van der Waals surface area contributed by atoms with Crippen molar-refractivity contribution in [3.05, 3.63) is 29.8 Å². The maximum Gasteiger partial charge on any atom is 0.642 e. The highest BCUT2D eigenvalue weighted by Crippen LogP contribution is 2.04. The van der Waals surface area contributed by atoms with E-state index in [2.05, 4.69) is 14.2 Å². The van der Waals surface area contributed by atoms with Gasteiger partial charge in [0.05, 0.1) is 26.9 Å². The van der Waals surface area contributed by atoms with Crippen molar-refractivity contribution in [1.29, 1.82) is 0 Å². The van der Waals surface area contributed by atoms with Gasteiger partial charge < -0.3 is 23.5 Å². The summed E-state index contributed by atoms with van der Waals surface area (Å²) in [5.74, 6) is -0.683. The van der Waals surface area contributed by atoms with Gasteiger partial charge >= 0.3 is 25.4 Å². The fraction of sp³-hybridized carbons (Fsp3) is 0.250. The van der Waals surface area contributed by atoms with Crippen molar-refractivity contribution >= 4 is 30.9 Å². The molecule has 0 saturated heterocycles. The lowest BCUT2D eigenvalue weighted by Crippen LogP contribution is -2.43. The van der Waals surface area contributed by atoms with Crippen LogP contribution in [0.1, 0.15) is 10.4 Å². The molecule has 0 aromatic heterocycles. The Morgan fingerprint density at radius 1 is 0.857 bits per heavy atom. The van der Waals surface area contributed by atoms with E-state index < -0.39 is 25.4 Å². The maximum atomic E-state index is 11.7. The topological polar surface area (TPSA) is 97.4 Å². The molecule has 0 spiro atoms. The van der Waals surface area contributed by atoms with Gasteiger partial charge in [0.2, 0.25) is 0 Å². The Morgan fingerprint density at radius 3 is 1.86 bits per heavy atom. The molecule has 0 aliphatic rings. The van der Waals surface area contributed by atoms with Gasteiger partial charge in [-0.3, -0.25) is 0 Å². The van der Waals surface area contributed by atoms with Crippen LogP contribution in [-0.2, 0) is 23.5 Å². The van der Waals surface area contributed by atoms with Gasteiger partial charge in [-0.25, -0.2) is 14.4 Å². The predicted octanol–water partition coefficient (Wildman–Crippen LogP) is 0.734. The van der Waals surface area contributed by atoms with Crippen LogP contribution in [0, 0.1) is 0 Å². The van der Waals surface area contributed by atoms with Crippen LogP contribution in [0.4, 0.5) is 9.59 Å². The molecule has 0 N–H and O–H groups in total. The number of rotatable bonds is 4. The molecule has 1 aromatic carbocycles. The smallest absolute Gasteiger partial charge is 0.465 e. The normalized spacial score (nSPS) is 9.29. The van der Waals surface area contributed by atoms with Crippen molar-refractivity contribution in [2.24, 2.45) is 0 Å². The predicted molar refractivity (Wildman–Crippen MR) is 70.1 cm³/mol. The summed E-state index contributed by atoms with van der Waals surface area (Å²) in [5, 5.41) is 0. The van der Waals surface area contributed by atoms with Gasteiger partial charge in [-0.05, 0) is 6.07 Å². The van der Waals surface area contributed by atoms with E-state index in [1.54, 1.807) is 12.1 Å². The third-order valence-corrected chi connectivity index (χ3v) is 2.36. The van der Waals surface area contributed by atoms with Gasteiger partial charge in [-0.15, -0.1) is 0 Å². The third-order valence-electron chi connectivity index (χ3n) is 2.36. The van der Waals surface area contributed by atoms with Gasteiger partial charge in [-0.1, -0.05) is 18.2 Å². The van der Waals surface area contributed by atoms with E-state index in [1.165, 1.54) is 19.2 Å². The molecule has 0 heterocycles. The van der Waals surface area contributed by atoms with E-state index in [-0.39, 0.29) is 11.0 Å². The Hall–Kier alpha value is -2.71. The standard InChI is InChI=1S/C12H13BO8/c1-17-10(14)8-6-4-5-7-9(8)13(20-11(15)18-2)21-12(16)19-3/h4-7H,1-3H3. The fourth-order valence-corrected chi connectivity index (χ4v) is 1.42. The minimum Gasteiger partial charge on any atom is -0.465 e. The molecule has 0 saturated carbocycles. The summed E-state index contributed by atoms with van der Waals surface area (Å²) in [6, 6.07) is 6.00. The van der Waals surface area contributed by atoms with Crippen molar-refractivity contribution in [2.45, 2.75) is 0 Å². The first kappa shape index (κ1) is 16.3. The summed E-state index contributed by atoms with van der Waals surface area (Å²) in [4.78, 5) is 34.1. The molecule has 0 aliphatic heterocycles. The van der Waals surface area contributed by atoms with Crippen LogP contribution < -0.4 is 5.46 Å². The zero-order chi connectivity index (χ0) is 15.8. The molecule has 0 atom stereocenters. The number of benzene rings is 1. The average molecular weight is 296 g/mol. The van der Waals surface area contributed by atoms with Crippen molar-refractivity contribution in [3.8, 4) is 0 Å². The molecule has 0 bridgehead atoms. The van der Waals surface area contributed by atoms with Crippen molar-refractivity contribution in [1.82, 2.24) is 0 Å². The summed E-state index contributed by atoms with van der Waals surface area (Å²) in [6.07, 6.45) is -2.19. The number of carbonyl (C=O) groups excluding carboxylic acids is 3. The maximum absolute atomic E-state index is 11.7. The second-order valence-electron chi connectivity index (χ2n) is 3.55. The van der Waals surface area contributed by atoms with Crippen LogP contribution >= 0.6 is 0 Å². The molecule has 0 fully saturated rings. The summed E-state index contributed by atoms with van der Waals surface area (Å²) in [6.45, 7) is 0. The Bertz CT molecular complexity index is 512. The SMILES string of the molecule is COC(=O)OB(OC(=O)OC)c1ccccc1C(=O)OC. The first-order chi connectivity index (χ1) is 10.0. The second kappa shape index (κ2) is 7.78. The number of hydrogen-bond acceptors (Lipinski definition) is 8. The minimum atomic E-state index is -1.51. The second-order valence-corrected chi connectivity index (χ2v) is 3.55. The summed E-state index contributed by atoms with van der Waals surface area (Å²) >= 11 is 0. The summed E-state index contributed by atoms with van der Waals surface area (Å²) < 4.78 is 22.9. The first-order valence-corrected chi connectivity index (χ1v) is 5.70. The molecule has 0 amide bonds. The highest BCUT2D eigenvalue weighted by molar-refractivity contribution is 6.65. The van der Waals surface area contributed by atoms with Gasteiger partial charge in [0.1, 0.15) is 0 Å². The molecule has 0 unspecified atom stereocenters. The molecule has 112 valence electrons. The van der Waals surface area contributed by atoms with Gasteiger partial charge in [0.15, 0.2) is 0 Å². The molecule has 8 nitrogen and oxygen atoms in total. The zero-order valence-electron chi connectivity index (χ0n) is 11.7. The highest BCUT2D eigenvalue weighted by Gasteiger charge is 2.35. The molecule has 9 heteroatoms. The zero-order valence-corrected chi connectivity index (χ0v) is 11.7. The van der Waals surface area contributed by atoms with Gasteiger partial charge in [-0.2, -0.15) is 0 Å². The Kier molecular flexibility index (Phi) is 6.06. The number of ether oxygens (including phenoxy) is 3. The lowest BCUT2D eigenvalue weighted by Gasteiger charge is -2.14. The fourth-order valence-electron chi connectivity index (χ4n) is 1.42. The lowest BCUT2D eigenvalue weighted by molar-refractivity contribution is 0.0599. The number of methoxy groups -OCH3 is 3. The number of carbonyl (C=O) groups is 3. The van der Waals surface area contributed by atoms with Crippen LogP contribution in [0.25, 0.3) is 0 Å². The largest absolute Gasteiger partial charge is 0.642 e. The molecule has 21 heavy (non-hydrogen) atoms. The van der Waals surface area contributed by atoms with Crippen LogP contribution in [0.3, 0.4) is 0 Å². The molecule has 1 rings (SSSR count). The van der Waals surface area contributed by atoms with Crippen LogP contribution in [0.15, 0.2) is 24.3 Å². The van der Waals surface area contributed by atoms with Crippen molar-refractivity contribution in [2.75, 3.05) is 21.3 Å². The highest BCUT2D eigenvalue weighted by atomic mass is 16.8. The summed E-state index contributed by atoms with van der Waals surface area (Å²) in [5.41, 5.74) is 0.179. The Morgan fingerprint density at radius 2 is 1.38 bits per heavy atom. The monoisotopic (exact) mass is 296 g/mol. The molecule has 1 aromatic rings. The van der Waals surface area contributed by atoms with Crippen LogP contribution in [-0.4, -0.2) is 46.7 Å². The molecular weight excluding hydrogens is 283 g/mol. The third kappa shape index (κ3) is 4.41. The van der Waals surface area contributed by atoms with Gasteiger partial charge in [0, 0.05) is 5.46 Å². The van der Waals surface area contributed by atoms with E-state index in [4.69, 9.17) is 9.31 Å². The quantitative estimate of drug-likeness (QED) is 0.456. The Labute approximate surface area is 121 Å². The lowest BCUT2D eigenvalue weighted by atomic mass is 9.75. The summed E-state index contributed by atoms with van der Waals surface area (Å²) in [7, 11) is 1.85. The van der Waals surface area contributed by atoms with Crippen molar-refractivity contribution < 1.29 is 37.9 Å². The Balaban J connectivity index is 3.15. The minimum absolute atomic E-state index is 0.0674. The van der Waals surface area contributed by atoms with Crippen LogP contribution in [0.2, 0.25) is 0 Å². The van der Waals surface area contributed by atoms with Gasteiger partial charge in [0.25, 0.3) is 0 Å². The van der Waals surface area contributed by atoms with E-state index in [0.29, 0.717) is 0 Å². The van der Waals surface area contributed by atoms with E-state index in [1.807, 2.05) is 0 Å². The van der Waals surface area contributed by atoms with Crippen LogP contribution in [0.5, 0.6) is 0 Å². The molecule has 0 radical (unpaired) electrons. The van der Waals surface area contributed by atoms with Crippen molar-refractivity contribution in [3.63, 3.8) is 0 Å². The molecular formula is C12H13BO8. The first-order valence-electron chi connectivity index (χ1n) is 5.70.